The van der Waals surface area contributed by atoms with Crippen molar-refractivity contribution in [3.63, 3.8) is 0 Å². The molecule has 1 radical (unpaired) electrons. The van der Waals surface area contributed by atoms with E-state index in [2.05, 4.69) is 21.7 Å². The summed E-state index contributed by atoms with van der Waals surface area (Å²) < 4.78 is 5.42. The molecule has 0 aromatic heterocycles. The van der Waals surface area contributed by atoms with Crippen LogP contribution in [0.3, 0.4) is 0 Å². The van der Waals surface area contributed by atoms with Gasteiger partial charge < -0.3 is 19.4 Å². The first-order valence-electron chi connectivity index (χ1n) is 8.71. The Kier molecular flexibility index (Phi) is 7.72. The van der Waals surface area contributed by atoms with Crippen LogP contribution in [0.5, 0.6) is 0 Å². The highest BCUT2D eigenvalue weighted by Gasteiger charge is 2.21. The van der Waals surface area contributed by atoms with Crippen molar-refractivity contribution in [1.29, 1.82) is 0 Å². The van der Waals surface area contributed by atoms with E-state index in [1.54, 1.807) is 6.92 Å². The molecule has 2 aliphatic heterocycles. The second-order valence-electron chi connectivity index (χ2n) is 6.61. The SMILES string of the molecule is CC(=O)N1CCN(CC([O])OCCCN2CCN(C)CC2)CC1. The third-order valence-electron chi connectivity index (χ3n) is 4.74. The van der Waals surface area contributed by atoms with Gasteiger partial charge >= 0.3 is 0 Å². The molecule has 0 aromatic rings. The average Bonchev–Trinajstić information content (AvgIpc) is 2.54. The molecule has 0 aromatic carbocycles. The van der Waals surface area contributed by atoms with Gasteiger partial charge in [-0.05, 0) is 13.5 Å². The van der Waals surface area contributed by atoms with Gasteiger partial charge in [-0.15, -0.1) is 0 Å². The molecule has 2 aliphatic rings. The van der Waals surface area contributed by atoms with Crippen LogP contribution in [0, 0.1) is 0 Å². The molecule has 2 heterocycles. The number of carbonyl (C=O) groups excluding carboxylic acids is 1. The molecule has 1 unspecified atom stereocenters. The molecule has 2 saturated heterocycles. The number of hydrogen-bond acceptors (Lipinski definition) is 5. The van der Waals surface area contributed by atoms with E-state index in [0.29, 0.717) is 26.2 Å². The van der Waals surface area contributed by atoms with Crippen molar-refractivity contribution < 1.29 is 14.6 Å². The van der Waals surface area contributed by atoms with Crippen LogP contribution in [0.4, 0.5) is 0 Å². The van der Waals surface area contributed by atoms with Gasteiger partial charge in [0.25, 0.3) is 0 Å². The summed E-state index contributed by atoms with van der Waals surface area (Å²) >= 11 is 0. The van der Waals surface area contributed by atoms with Crippen LogP contribution in [0.15, 0.2) is 0 Å². The Morgan fingerprint density at radius 3 is 2.22 bits per heavy atom. The van der Waals surface area contributed by atoms with Gasteiger partial charge in [-0.1, -0.05) is 0 Å². The van der Waals surface area contributed by atoms with Crippen molar-refractivity contribution in [2.75, 3.05) is 79.1 Å². The highest BCUT2D eigenvalue weighted by molar-refractivity contribution is 5.73. The quantitative estimate of drug-likeness (QED) is 0.469. The molecule has 0 aliphatic carbocycles. The maximum atomic E-state index is 11.9. The van der Waals surface area contributed by atoms with Gasteiger partial charge in [0.2, 0.25) is 12.2 Å². The summed E-state index contributed by atoms with van der Waals surface area (Å²) in [5.41, 5.74) is 0. The van der Waals surface area contributed by atoms with Crippen molar-refractivity contribution in [3.05, 3.63) is 0 Å². The highest BCUT2D eigenvalue weighted by atomic mass is 16.6. The van der Waals surface area contributed by atoms with Crippen LogP contribution in [-0.2, 0) is 14.6 Å². The average molecular weight is 327 g/mol. The Labute approximate surface area is 139 Å². The Morgan fingerprint density at radius 2 is 1.61 bits per heavy atom. The fraction of sp³-hybridized carbons (Fsp3) is 0.938. The molecule has 0 N–H and O–H groups in total. The lowest BCUT2D eigenvalue weighted by Crippen LogP contribution is -2.50. The van der Waals surface area contributed by atoms with Crippen LogP contribution in [0.1, 0.15) is 13.3 Å². The van der Waals surface area contributed by atoms with Gasteiger partial charge in [0.05, 0.1) is 13.2 Å². The zero-order valence-corrected chi connectivity index (χ0v) is 14.6. The highest BCUT2D eigenvalue weighted by Crippen LogP contribution is 2.05. The molecule has 2 rings (SSSR count). The monoisotopic (exact) mass is 327 g/mol. The maximum Gasteiger partial charge on any atom is 0.219 e. The minimum absolute atomic E-state index is 0.114. The third kappa shape index (κ3) is 6.73. The fourth-order valence-electron chi connectivity index (χ4n) is 3.08. The van der Waals surface area contributed by atoms with Crippen LogP contribution in [-0.4, -0.2) is 111 Å². The Hall–Kier alpha value is -0.730. The van der Waals surface area contributed by atoms with Crippen molar-refractivity contribution in [1.82, 2.24) is 19.6 Å². The lowest BCUT2D eigenvalue weighted by Gasteiger charge is -2.34. The van der Waals surface area contributed by atoms with Crippen molar-refractivity contribution >= 4 is 5.91 Å². The summed E-state index contributed by atoms with van der Waals surface area (Å²) in [7, 11) is 2.15. The van der Waals surface area contributed by atoms with E-state index >= 15 is 0 Å². The van der Waals surface area contributed by atoms with E-state index in [-0.39, 0.29) is 5.91 Å². The number of carbonyl (C=O) groups is 1. The molecule has 7 heteroatoms. The number of ether oxygens (including phenoxy) is 1. The second kappa shape index (κ2) is 9.54. The number of hydrogen-bond donors (Lipinski definition) is 0. The van der Waals surface area contributed by atoms with Gasteiger partial charge in [-0.25, -0.2) is 5.11 Å². The zero-order chi connectivity index (χ0) is 16.7. The largest absolute Gasteiger partial charge is 0.349 e. The lowest BCUT2D eigenvalue weighted by atomic mass is 10.3. The van der Waals surface area contributed by atoms with Gasteiger partial charge in [0, 0.05) is 65.8 Å². The molecule has 23 heavy (non-hydrogen) atoms. The van der Waals surface area contributed by atoms with Crippen molar-refractivity contribution in [2.45, 2.75) is 19.6 Å². The van der Waals surface area contributed by atoms with E-state index in [9.17, 15) is 9.90 Å². The minimum atomic E-state index is -0.980. The molecule has 2 fully saturated rings. The normalized spacial score (nSPS) is 23.2. The maximum absolute atomic E-state index is 11.9. The van der Waals surface area contributed by atoms with E-state index in [0.717, 1.165) is 52.2 Å². The standard InChI is InChI=1S/C16H31N4O3/c1-15(21)20-11-9-19(10-12-20)14-16(22)23-13-3-4-18-7-5-17(2)6-8-18/h16H,3-14H2,1-2H3. The zero-order valence-electron chi connectivity index (χ0n) is 14.6. The molecular formula is C16H31N4O3. The van der Waals surface area contributed by atoms with Crippen molar-refractivity contribution in [2.24, 2.45) is 0 Å². The van der Waals surface area contributed by atoms with E-state index in [1.165, 1.54) is 0 Å². The summed E-state index contributed by atoms with van der Waals surface area (Å²) in [5, 5.41) is 11.9. The number of piperazine rings is 2. The molecule has 7 nitrogen and oxygen atoms in total. The van der Waals surface area contributed by atoms with Gasteiger partial charge in [-0.3, -0.25) is 9.69 Å². The lowest BCUT2D eigenvalue weighted by molar-refractivity contribution is -0.155. The molecule has 0 bridgehead atoms. The minimum Gasteiger partial charge on any atom is -0.349 e. The summed E-state index contributed by atoms with van der Waals surface area (Å²) in [4.78, 5) is 20.0. The van der Waals surface area contributed by atoms with Crippen LogP contribution in [0.25, 0.3) is 0 Å². The first-order valence-corrected chi connectivity index (χ1v) is 8.71. The van der Waals surface area contributed by atoms with E-state index in [4.69, 9.17) is 4.74 Å². The molecule has 133 valence electrons. The smallest absolute Gasteiger partial charge is 0.219 e. The number of nitrogens with zero attached hydrogens (tertiary/aromatic N) is 4. The Bertz CT molecular complexity index is 353. The number of rotatable bonds is 7. The van der Waals surface area contributed by atoms with E-state index < -0.39 is 6.29 Å². The van der Waals surface area contributed by atoms with Gasteiger partial charge in [0.15, 0.2) is 0 Å². The van der Waals surface area contributed by atoms with Crippen molar-refractivity contribution in [3.8, 4) is 0 Å². The summed E-state index contributed by atoms with van der Waals surface area (Å²) in [6.45, 7) is 11.0. The molecular weight excluding hydrogens is 296 g/mol. The van der Waals surface area contributed by atoms with Crippen LogP contribution in [0.2, 0.25) is 0 Å². The van der Waals surface area contributed by atoms with Gasteiger partial charge in [-0.2, -0.15) is 0 Å². The first kappa shape index (κ1) is 18.6. The Morgan fingerprint density at radius 1 is 1.00 bits per heavy atom. The van der Waals surface area contributed by atoms with E-state index in [1.807, 2.05) is 4.90 Å². The molecule has 1 atom stereocenters. The molecule has 0 saturated carbocycles. The first-order chi connectivity index (χ1) is 11.0. The number of amides is 1. The predicted octanol–water partition coefficient (Wildman–Crippen LogP) is -0.439. The van der Waals surface area contributed by atoms with Crippen LogP contribution >= 0.6 is 0 Å². The third-order valence-corrected chi connectivity index (χ3v) is 4.74. The summed E-state index contributed by atoms with van der Waals surface area (Å²) in [6.07, 6.45) is -0.0630. The topological polar surface area (TPSA) is 59.2 Å². The Balaban J connectivity index is 1.50. The molecule has 0 spiro atoms. The van der Waals surface area contributed by atoms with Crippen LogP contribution < -0.4 is 0 Å². The molecule has 1 amide bonds. The summed E-state index contributed by atoms with van der Waals surface area (Å²) in [5.74, 6) is 0.114. The summed E-state index contributed by atoms with van der Waals surface area (Å²) in [6, 6.07) is 0. The number of likely N-dealkylation sites (N-methyl/N-ethyl adjacent to an activating group) is 1. The second-order valence-corrected chi connectivity index (χ2v) is 6.61. The van der Waals surface area contributed by atoms with Gasteiger partial charge in [0.1, 0.15) is 0 Å². The fourth-order valence-corrected chi connectivity index (χ4v) is 3.08. The predicted molar refractivity (Wildman–Crippen MR) is 87.7 cm³/mol.